The zero-order chi connectivity index (χ0) is 12.8. The van der Waals surface area contributed by atoms with Crippen molar-refractivity contribution >= 4 is 17.2 Å². The van der Waals surface area contributed by atoms with Gasteiger partial charge >= 0.3 is 0 Å². The van der Waals surface area contributed by atoms with Crippen LogP contribution in [0.5, 0.6) is 0 Å². The van der Waals surface area contributed by atoms with Crippen molar-refractivity contribution in [3.63, 3.8) is 0 Å². The molecule has 18 heavy (non-hydrogen) atoms. The first kappa shape index (κ1) is 13.6. The van der Waals surface area contributed by atoms with Gasteiger partial charge in [0.25, 0.3) is 0 Å². The van der Waals surface area contributed by atoms with E-state index in [1.165, 1.54) is 9.75 Å². The molecule has 0 aliphatic carbocycles. The number of thiophene rings is 1. The lowest BCUT2D eigenvalue weighted by atomic mass is 10.2. The van der Waals surface area contributed by atoms with Crippen molar-refractivity contribution in [1.82, 2.24) is 10.2 Å². The Morgan fingerprint density at radius 3 is 2.94 bits per heavy atom. The monoisotopic (exact) mass is 266 g/mol. The van der Waals surface area contributed by atoms with Crippen molar-refractivity contribution in [1.29, 1.82) is 0 Å². The van der Waals surface area contributed by atoms with Gasteiger partial charge in [0, 0.05) is 35.8 Å². The fourth-order valence-corrected chi connectivity index (χ4v) is 3.19. The fraction of sp³-hybridized carbons (Fsp3) is 0.643. The molecule has 1 fully saturated rings. The van der Waals surface area contributed by atoms with Crippen molar-refractivity contribution in [2.24, 2.45) is 0 Å². The van der Waals surface area contributed by atoms with Gasteiger partial charge in [0.2, 0.25) is 5.91 Å². The van der Waals surface area contributed by atoms with Crippen LogP contribution >= 0.6 is 11.3 Å². The van der Waals surface area contributed by atoms with Crippen LogP contribution in [0.4, 0.5) is 0 Å². The Labute approximate surface area is 113 Å². The highest BCUT2D eigenvalue weighted by Crippen LogP contribution is 2.18. The van der Waals surface area contributed by atoms with Crippen LogP contribution in [-0.2, 0) is 17.6 Å². The molecule has 1 aromatic heterocycles. The van der Waals surface area contributed by atoms with Gasteiger partial charge in [-0.25, -0.2) is 0 Å². The standard InChI is InChI=1S/C14H22N2OS/c1-2-12-4-5-13(18-12)6-7-14(17)16-10-3-8-15-9-11-16/h4-5,15H,2-3,6-11H2,1H3. The average Bonchev–Trinajstić information content (AvgIpc) is 2.68. The van der Waals surface area contributed by atoms with Crippen LogP contribution < -0.4 is 5.32 Å². The second-order valence-electron chi connectivity index (χ2n) is 4.71. The van der Waals surface area contributed by atoms with E-state index in [0.29, 0.717) is 12.3 Å². The van der Waals surface area contributed by atoms with Crippen LogP contribution in [0.3, 0.4) is 0 Å². The number of aryl methyl sites for hydroxylation is 2. The molecule has 2 heterocycles. The third-order valence-electron chi connectivity index (χ3n) is 3.34. The Balaban J connectivity index is 1.79. The molecule has 0 saturated carbocycles. The zero-order valence-corrected chi connectivity index (χ0v) is 11.9. The molecule has 0 radical (unpaired) electrons. The number of hydrogen-bond acceptors (Lipinski definition) is 3. The molecule has 0 atom stereocenters. The van der Waals surface area contributed by atoms with Crippen LogP contribution in [0.15, 0.2) is 12.1 Å². The summed E-state index contributed by atoms with van der Waals surface area (Å²) in [7, 11) is 0. The Morgan fingerprint density at radius 1 is 1.33 bits per heavy atom. The van der Waals surface area contributed by atoms with Gasteiger partial charge in [0.05, 0.1) is 0 Å². The summed E-state index contributed by atoms with van der Waals surface area (Å²) in [6, 6.07) is 4.35. The summed E-state index contributed by atoms with van der Waals surface area (Å²) >= 11 is 1.84. The Kier molecular flexibility index (Phi) is 5.20. The molecule has 1 aliphatic rings. The lowest BCUT2D eigenvalue weighted by Crippen LogP contribution is -2.34. The second-order valence-corrected chi connectivity index (χ2v) is 5.96. The highest BCUT2D eigenvalue weighted by atomic mass is 32.1. The first-order chi connectivity index (χ1) is 8.79. The van der Waals surface area contributed by atoms with E-state index < -0.39 is 0 Å². The van der Waals surface area contributed by atoms with Gasteiger partial charge in [-0.3, -0.25) is 4.79 Å². The number of nitrogens with zero attached hydrogens (tertiary/aromatic N) is 1. The summed E-state index contributed by atoms with van der Waals surface area (Å²) in [5.74, 6) is 0.310. The summed E-state index contributed by atoms with van der Waals surface area (Å²) in [6.07, 6.45) is 3.72. The van der Waals surface area contributed by atoms with Crippen molar-refractivity contribution < 1.29 is 4.79 Å². The molecule has 1 amide bonds. The first-order valence-electron chi connectivity index (χ1n) is 6.85. The molecular formula is C14H22N2OS. The molecule has 1 saturated heterocycles. The van der Waals surface area contributed by atoms with E-state index in [2.05, 4.69) is 24.4 Å². The van der Waals surface area contributed by atoms with E-state index in [0.717, 1.165) is 45.4 Å². The van der Waals surface area contributed by atoms with Crippen LogP contribution in [0, 0.1) is 0 Å². The van der Waals surface area contributed by atoms with E-state index in [4.69, 9.17) is 0 Å². The molecule has 4 heteroatoms. The van der Waals surface area contributed by atoms with Gasteiger partial charge in [0.15, 0.2) is 0 Å². The molecule has 0 spiro atoms. The predicted molar refractivity (Wildman–Crippen MR) is 76.1 cm³/mol. The van der Waals surface area contributed by atoms with Gasteiger partial charge in [-0.15, -0.1) is 11.3 Å². The Hall–Kier alpha value is -0.870. The minimum Gasteiger partial charge on any atom is -0.341 e. The largest absolute Gasteiger partial charge is 0.341 e. The number of amides is 1. The molecular weight excluding hydrogens is 244 g/mol. The van der Waals surface area contributed by atoms with Crippen LogP contribution in [-0.4, -0.2) is 37.0 Å². The van der Waals surface area contributed by atoms with E-state index >= 15 is 0 Å². The lowest BCUT2D eigenvalue weighted by Gasteiger charge is -2.19. The molecule has 1 aromatic rings. The van der Waals surface area contributed by atoms with E-state index in [-0.39, 0.29) is 0 Å². The highest BCUT2D eigenvalue weighted by molar-refractivity contribution is 7.11. The molecule has 100 valence electrons. The highest BCUT2D eigenvalue weighted by Gasteiger charge is 2.15. The van der Waals surface area contributed by atoms with Crippen molar-refractivity contribution in [3.8, 4) is 0 Å². The van der Waals surface area contributed by atoms with E-state index in [1.54, 1.807) is 0 Å². The summed E-state index contributed by atoms with van der Waals surface area (Å²) < 4.78 is 0. The normalized spacial score (nSPS) is 16.6. The minimum absolute atomic E-state index is 0.310. The zero-order valence-electron chi connectivity index (χ0n) is 11.1. The van der Waals surface area contributed by atoms with Crippen LogP contribution in [0.2, 0.25) is 0 Å². The number of carbonyl (C=O) groups excluding carboxylic acids is 1. The first-order valence-corrected chi connectivity index (χ1v) is 7.67. The molecule has 1 aliphatic heterocycles. The SMILES string of the molecule is CCc1ccc(CCC(=O)N2CCCNCC2)s1. The smallest absolute Gasteiger partial charge is 0.222 e. The quantitative estimate of drug-likeness (QED) is 0.905. The summed E-state index contributed by atoms with van der Waals surface area (Å²) in [6.45, 7) is 5.92. The number of nitrogens with one attached hydrogen (secondary N) is 1. The van der Waals surface area contributed by atoms with Gasteiger partial charge < -0.3 is 10.2 Å². The molecule has 1 N–H and O–H groups in total. The molecule has 0 bridgehead atoms. The van der Waals surface area contributed by atoms with E-state index in [9.17, 15) is 4.79 Å². The lowest BCUT2D eigenvalue weighted by molar-refractivity contribution is -0.130. The van der Waals surface area contributed by atoms with Gasteiger partial charge in [0.1, 0.15) is 0 Å². The second kappa shape index (κ2) is 6.90. The maximum absolute atomic E-state index is 12.1. The molecule has 0 unspecified atom stereocenters. The third kappa shape index (κ3) is 3.82. The average molecular weight is 266 g/mol. The summed E-state index contributed by atoms with van der Waals surface area (Å²) in [5, 5.41) is 3.32. The van der Waals surface area contributed by atoms with E-state index in [1.807, 2.05) is 16.2 Å². The number of carbonyl (C=O) groups is 1. The molecule has 2 rings (SSSR count). The van der Waals surface area contributed by atoms with Crippen LogP contribution in [0.25, 0.3) is 0 Å². The number of hydrogen-bond donors (Lipinski definition) is 1. The third-order valence-corrected chi connectivity index (χ3v) is 4.63. The van der Waals surface area contributed by atoms with Crippen molar-refractivity contribution in [2.45, 2.75) is 32.6 Å². The maximum Gasteiger partial charge on any atom is 0.222 e. The fourth-order valence-electron chi connectivity index (χ4n) is 2.23. The van der Waals surface area contributed by atoms with Crippen molar-refractivity contribution in [2.75, 3.05) is 26.2 Å². The van der Waals surface area contributed by atoms with Crippen LogP contribution in [0.1, 0.15) is 29.5 Å². The molecule has 3 nitrogen and oxygen atoms in total. The Bertz CT molecular complexity index is 381. The molecule has 0 aromatic carbocycles. The number of rotatable bonds is 4. The van der Waals surface area contributed by atoms with Crippen molar-refractivity contribution in [3.05, 3.63) is 21.9 Å². The summed E-state index contributed by atoms with van der Waals surface area (Å²) in [4.78, 5) is 16.9. The summed E-state index contributed by atoms with van der Waals surface area (Å²) in [5.41, 5.74) is 0. The predicted octanol–water partition coefficient (Wildman–Crippen LogP) is 2.06. The minimum atomic E-state index is 0.310. The maximum atomic E-state index is 12.1. The van der Waals surface area contributed by atoms with Gasteiger partial charge in [-0.05, 0) is 37.9 Å². The van der Waals surface area contributed by atoms with Gasteiger partial charge in [-0.1, -0.05) is 6.92 Å². The topological polar surface area (TPSA) is 32.3 Å². The van der Waals surface area contributed by atoms with Gasteiger partial charge in [-0.2, -0.15) is 0 Å². The Morgan fingerprint density at radius 2 is 2.17 bits per heavy atom.